The smallest absolute Gasteiger partial charge is 0.315 e. The number of aryl methyl sites for hydroxylation is 3. The second kappa shape index (κ2) is 7.26. The summed E-state index contributed by atoms with van der Waals surface area (Å²) < 4.78 is 6.94. The maximum atomic E-state index is 12.1. The van der Waals surface area contributed by atoms with Crippen molar-refractivity contribution in [2.24, 2.45) is 7.05 Å². The molecule has 23 heavy (non-hydrogen) atoms. The lowest BCUT2D eigenvalue weighted by molar-refractivity contribution is 0.233. The van der Waals surface area contributed by atoms with Gasteiger partial charge in [-0.3, -0.25) is 4.68 Å². The normalized spacial score (nSPS) is 12.2. The minimum Gasteiger partial charge on any atom is -0.337 e. The number of nitrogens with one attached hydrogen (secondary N) is 2. The minimum atomic E-state index is -0.346. The topological polar surface area (TPSA) is 97.9 Å². The summed E-state index contributed by atoms with van der Waals surface area (Å²) in [4.78, 5) is 16.2. The third-order valence-corrected chi connectivity index (χ3v) is 3.71. The molecule has 0 aliphatic carbocycles. The highest BCUT2D eigenvalue weighted by Crippen LogP contribution is 2.15. The number of rotatable bonds is 6. The molecule has 0 aromatic carbocycles. The Morgan fingerprint density at radius 3 is 2.65 bits per heavy atom. The van der Waals surface area contributed by atoms with E-state index in [1.165, 1.54) is 0 Å². The molecule has 0 bridgehead atoms. The number of hydrogen-bond acceptors (Lipinski definition) is 5. The summed E-state index contributed by atoms with van der Waals surface area (Å²) in [5.74, 6) is 0.937. The number of urea groups is 1. The Hall–Kier alpha value is -2.38. The van der Waals surface area contributed by atoms with E-state index in [-0.39, 0.29) is 12.1 Å². The summed E-state index contributed by atoms with van der Waals surface area (Å²) in [6.07, 6.45) is 1.71. The molecule has 0 radical (unpaired) electrons. The number of amides is 2. The first-order valence-electron chi connectivity index (χ1n) is 7.84. The molecule has 0 saturated heterocycles. The highest BCUT2D eigenvalue weighted by atomic mass is 16.5. The van der Waals surface area contributed by atoms with Crippen LogP contribution < -0.4 is 10.6 Å². The number of nitrogens with zero attached hydrogens (tertiary/aromatic N) is 4. The summed E-state index contributed by atoms with van der Waals surface area (Å²) in [6.45, 7) is 8.12. The number of hydrogen-bond donors (Lipinski definition) is 2. The average molecular weight is 320 g/mol. The van der Waals surface area contributed by atoms with E-state index in [1.54, 1.807) is 13.8 Å². The van der Waals surface area contributed by atoms with E-state index in [2.05, 4.69) is 39.7 Å². The van der Waals surface area contributed by atoms with Gasteiger partial charge in [-0.05, 0) is 26.7 Å². The van der Waals surface area contributed by atoms with Crippen LogP contribution in [-0.4, -0.2) is 26.0 Å². The maximum Gasteiger partial charge on any atom is 0.315 e. The van der Waals surface area contributed by atoms with Gasteiger partial charge in [-0.15, -0.1) is 0 Å². The molecule has 2 heterocycles. The van der Waals surface area contributed by atoms with Gasteiger partial charge in [0, 0.05) is 24.8 Å². The van der Waals surface area contributed by atoms with Gasteiger partial charge in [-0.25, -0.2) is 4.79 Å². The van der Waals surface area contributed by atoms with Gasteiger partial charge < -0.3 is 15.2 Å². The molecule has 0 aliphatic rings. The lowest BCUT2D eigenvalue weighted by atomic mass is 10.1. The molecular formula is C15H24N6O2. The standard InChI is InChI=1S/C15H24N6O2/c1-6-12-11(13(7-2)21(5)19-12)8-16-15(22)17-9(3)14-18-10(4)20-23-14/h9H,6-8H2,1-5H3,(H2,16,17,22). The molecular weight excluding hydrogens is 296 g/mol. The van der Waals surface area contributed by atoms with E-state index < -0.39 is 0 Å². The molecule has 1 unspecified atom stereocenters. The van der Waals surface area contributed by atoms with Crippen molar-refractivity contribution in [2.45, 2.75) is 53.1 Å². The summed E-state index contributed by atoms with van der Waals surface area (Å²) in [5.41, 5.74) is 3.25. The predicted molar refractivity (Wildman–Crippen MR) is 84.8 cm³/mol. The molecule has 8 heteroatoms. The van der Waals surface area contributed by atoms with Crippen LogP contribution in [0, 0.1) is 6.92 Å². The van der Waals surface area contributed by atoms with Crippen LogP contribution in [-0.2, 0) is 26.4 Å². The molecule has 1 atom stereocenters. The van der Waals surface area contributed by atoms with Crippen molar-refractivity contribution < 1.29 is 9.32 Å². The van der Waals surface area contributed by atoms with Gasteiger partial charge in [0.15, 0.2) is 5.82 Å². The number of carbonyl (C=O) groups excluding carboxylic acids is 1. The average Bonchev–Trinajstić information content (AvgIpc) is 3.08. The first kappa shape index (κ1) is 17.0. The fraction of sp³-hybridized carbons (Fsp3) is 0.600. The van der Waals surface area contributed by atoms with Gasteiger partial charge >= 0.3 is 6.03 Å². The lowest BCUT2D eigenvalue weighted by Crippen LogP contribution is -2.37. The Morgan fingerprint density at radius 2 is 2.09 bits per heavy atom. The summed E-state index contributed by atoms with van der Waals surface area (Å²) >= 11 is 0. The Morgan fingerprint density at radius 1 is 1.35 bits per heavy atom. The summed E-state index contributed by atoms with van der Waals surface area (Å²) in [7, 11) is 1.93. The summed E-state index contributed by atoms with van der Waals surface area (Å²) in [6, 6.07) is -0.622. The zero-order chi connectivity index (χ0) is 17.0. The SMILES string of the molecule is CCc1nn(C)c(CC)c1CNC(=O)NC(C)c1nc(C)no1. The highest BCUT2D eigenvalue weighted by Gasteiger charge is 2.17. The van der Waals surface area contributed by atoms with Crippen molar-refractivity contribution in [3.63, 3.8) is 0 Å². The fourth-order valence-corrected chi connectivity index (χ4v) is 2.56. The third-order valence-electron chi connectivity index (χ3n) is 3.71. The first-order valence-corrected chi connectivity index (χ1v) is 7.84. The third kappa shape index (κ3) is 3.88. The van der Waals surface area contributed by atoms with Crippen LogP contribution in [0.3, 0.4) is 0 Å². The lowest BCUT2D eigenvalue weighted by Gasteiger charge is -2.12. The molecule has 2 amide bonds. The zero-order valence-corrected chi connectivity index (χ0v) is 14.3. The van der Waals surface area contributed by atoms with Crippen molar-refractivity contribution in [3.8, 4) is 0 Å². The monoisotopic (exact) mass is 320 g/mol. The molecule has 2 aromatic heterocycles. The number of aromatic nitrogens is 4. The van der Waals surface area contributed by atoms with Crippen LogP contribution in [0.5, 0.6) is 0 Å². The minimum absolute atomic E-state index is 0.277. The van der Waals surface area contributed by atoms with Gasteiger partial charge in [0.1, 0.15) is 6.04 Å². The zero-order valence-electron chi connectivity index (χ0n) is 14.3. The van der Waals surface area contributed by atoms with Gasteiger partial charge in [-0.1, -0.05) is 19.0 Å². The number of carbonyl (C=O) groups is 1. The van der Waals surface area contributed by atoms with E-state index in [9.17, 15) is 4.79 Å². The second-order valence-electron chi connectivity index (χ2n) is 5.43. The van der Waals surface area contributed by atoms with Gasteiger partial charge in [0.25, 0.3) is 0 Å². The van der Waals surface area contributed by atoms with Crippen LogP contribution in [0.25, 0.3) is 0 Å². The van der Waals surface area contributed by atoms with Gasteiger partial charge in [0.2, 0.25) is 5.89 Å². The Kier molecular flexibility index (Phi) is 5.36. The van der Waals surface area contributed by atoms with Gasteiger partial charge in [-0.2, -0.15) is 10.1 Å². The van der Waals surface area contributed by atoms with Crippen LogP contribution in [0.4, 0.5) is 4.79 Å². The molecule has 0 fully saturated rings. The quantitative estimate of drug-likeness (QED) is 0.845. The van der Waals surface area contributed by atoms with Crippen LogP contribution in [0.15, 0.2) is 4.52 Å². The van der Waals surface area contributed by atoms with Crippen LogP contribution >= 0.6 is 0 Å². The highest BCUT2D eigenvalue weighted by molar-refractivity contribution is 5.74. The van der Waals surface area contributed by atoms with Crippen LogP contribution in [0.1, 0.15) is 55.5 Å². The molecule has 8 nitrogen and oxygen atoms in total. The predicted octanol–water partition coefficient (Wildman–Crippen LogP) is 1.80. The Balaban J connectivity index is 1.97. The van der Waals surface area contributed by atoms with Crippen molar-refractivity contribution in [2.75, 3.05) is 0 Å². The van der Waals surface area contributed by atoms with Crippen molar-refractivity contribution in [3.05, 3.63) is 28.7 Å². The van der Waals surface area contributed by atoms with E-state index in [1.807, 2.05) is 11.7 Å². The van der Waals surface area contributed by atoms with Gasteiger partial charge in [0.05, 0.1) is 5.69 Å². The molecule has 0 aliphatic heterocycles. The Labute approximate surface area is 135 Å². The first-order chi connectivity index (χ1) is 11.0. The van der Waals surface area contributed by atoms with Crippen molar-refractivity contribution in [1.29, 1.82) is 0 Å². The van der Waals surface area contributed by atoms with Crippen molar-refractivity contribution >= 4 is 6.03 Å². The fourth-order valence-electron chi connectivity index (χ4n) is 2.56. The molecule has 2 N–H and O–H groups in total. The maximum absolute atomic E-state index is 12.1. The van der Waals surface area contributed by atoms with Crippen molar-refractivity contribution in [1.82, 2.24) is 30.6 Å². The summed E-state index contributed by atoms with van der Waals surface area (Å²) in [5, 5.41) is 13.9. The van der Waals surface area contributed by atoms with E-state index in [0.29, 0.717) is 18.3 Å². The molecule has 2 rings (SSSR count). The van der Waals surface area contributed by atoms with E-state index in [0.717, 1.165) is 29.8 Å². The van der Waals surface area contributed by atoms with Crippen LogP contribution in [0.2, 0.25) is 0 Å². The van der Waals surface area contributed by atoms with E-state index in [4.69, 9.17) is 4.52 Å². The molecule has 2 aromatic rings. The van der Waals surface area contributed by atoms with E-state index >= 15 is 0 Å². The largest absolute Gasteiger partial charge is 0.337 e. The Bertz CT molecular complexity index is 676. The molecule has 0 saturated carbocycles. The second-order valence-corrected chi connectivity index (χ2v) is 5.43. The molecule has 0 spiro atoms. The molecule has 126 valence electrons.